The summed E-state index contributed by atoms with van der Waals surface area (Å²) < 4.78 is 12.3. The van der Waals surface area contributed by atoms with Crippen LogP contribution in [0.15, 0.2) is 48.8 Å². The molecular formula is C16H13ClN4O2+. The summed E-state index contributed by atoms with van der Waals surface area (Å²) in [7, 11) is 1.56. The molecule has 3 aromatic rings. The first-order chi connectivity index (χ1) is 11.2. The molecule has 2 aromatic heterocycles. The molecule has 3 rings (SSSR count). The molecule has 0 bridgehead atoms. The van der Waals surface area contributed by atoms with Crippen molar-refractivity contribution in [2.45, 2.75) is 0 Å². The van der Waals surface area contributed by atoms with Gasteiger partial charge >= 0.3 is 0 Å². The number of aromatic nitrogens is 3. The number of nitrogen functional groups attached to an aromatic ring is 1. The van der Waals surface area contributed by atoms with Crippen LogP contribution in [-0.2, 0) is 0 Å². The van der Waals surface area contributed by atoms with E-state index in [4.69, 9.17) is 26.9 Å². The Morgan fingerprint density at radius 2 is 1.83 bits per heavy atom. The van der Waals surface area contributed by atoms with Gasteiger partial charge in [-0.05, 0) is 12.1 Å². The number of benzene rings is 1. The predicted molar refractivity (Wildman–Crippen MR) is 84.7 cm³/mol. The Balaban J connectivity index is 1.89. The largest absolute Gasteiger partial charge is 0.493 e. The average Bonchev–Trinajstić information content (AvgIpc) is 2.58. The highest BCUT2D eigenvalue weighted by atomic mass is 35.5. The summed E-state index contributed by atoms with van der Waals surface area (Å²) >= 11 is 6.18. The van der Waals surface area contributed by atoms with E-state index in [1.807, 2.05) is 12.1 Å². The molecule has 23 heavy (non-hydrogen) atoms. The fraction of sp³-hybridized carbons (Fsp3) is 0.0625. The second-order valence-electron chi connectivity index (χ2n) is 4.57. The fourth-order valence-electron chi connectivity index (χ4n) is 1.91. The summed E-state index contributed by atoms with van der Waals surface area (Å²) in [6.45, 7) is 0. The van der Waals surface area contributed by atoms with Gasteiger partial charge in [0, 0.05) is 17.7 Å². The average molecular weight is 329 g/mol. The number of rotatable bonds is 4. The molecule has 115 valence electrons. The molecule has 1 aromatic carbocycles. The van der Waals surface area contributed by atoms with Gasteiger partial charge in [0.1, 0.15) is 6.20 Å². The van der Waals surface area contributed by atoms with Crippen LogP contribution in [0.25, 0.3) is 11.4 Å². The highest BCUT2D eigenvalue weighted by molar-refractivity contribution is 6.30. The minimum absolute atomic E-state index is 0.158. The zero-order chi connectivity index (χ0) is 16.2. The smallest absolute Gasteiger partial charge is 0.199 e. The number of nitrogens with two attached hydrogens (primary N) is 1. The van der Waals surface area contributed by atoms with Gasteiger partial charge in [0.05, 0.1) is 7.11 Å². The second kappa shape index (κ2) is 6.50. The lowest BCUT2D eigenvalue weighted by atomic mass is 10.2. The Morgan fingerprint density at radius 3 is 2.48 bits per heavy atom. The SMILES string of the molecule is COc1ccccc1Oc1[c]nc(-c2cc[n+](N)cc2)nc1Cl. The van der Waals surface area contributed by atoms with Crippen LogP contribution in [0.1, 0.15) is 0 Å². The molecule has 6 nitrogen and oxygen atoms in total. The molecule has 0 fully saturated rings. The first-order valence-corrected chi connectivity index (χ1v) is 7.08. The number of halogens is 1. The van der Waals surface area contributed by atoms with E-state index >= 15 is 0 Å². The van der Waals surface area contributed by atoms with Crippen LogP contribution < -0.4 is 20.0 Å². The van der Waals surface area contributed by atoms with E-state index in [9.17, 15) is 0 Å². The van der Waals surface area contributed by atoms with Crippen molar-refractivity contribution in [3.8, 4) is 28.6 Å². The molecule has 0 saturated carbocycles. The van der Waals surface area contributed by atoms with E-state index in [2.05, 4.69) is 16.2 Å². The summed E-state index contributed by atoms with van der Waals surface area (Å²) in [6, 6.07) is 10.8. The maximum Gasteiger partial charge on any atom is 0.199 e. The quantitative estimate of drug-likeness (QED) is 0.452. The predicted octanol–water partition coefficient (Wildman–Crippen LogP) is 2.40. The summed E-state index contributed by atoms with van der Waals surface area (Å²) in [4.78, 5) is 8.39. The number of para-hydroxylation sites is 2. The van der Waals surface area contributed by atoms with Crippen molar-refractivity contribution in [1.82, 2.24) is 9.97 Å². The minimum atomic E-state index is 0.158. The minimum Gasteiger partial charge on any atom is -0.493 e. The molecule has 0 spiro atoms. The van der Waals surface area contributed by atoms with Gasteiger partial charge in [-0.1, -0.05) is 28.4 Å². The monoisotopic (exact) mass is 328 g/mol. The van der Waals surface area contributed by atoms with Gasteiger partial charge in [-0.3, -0.25) is 0 Å². The first kappa shape index (κ1) is 15.1. The van der Waals surface area contributed by atoms with E-state index in [-0.39, 0.29) is 10.9 Å². The number of nitrogens with zero attached hydrogens (tertiary/aromatic N) is 3. The molecule has 0 atom stereocenters. The Bertz CT molecular complexity index is 825. The summed E-state index contributed by atoms with van der Waals surface area (Å²) in [5.41, 5.74) is 0.772. The number of methoxy groups -OCH3 is 1. The molecule has 0 amide bonds. The Hall–Kier alpha value is -2.86. The van der Waals surface area contributed by atoms with E-state index in [0.29, 0.717) is 17.3 Å². The van der Waals surface area contributed by atoms with E-state index in [1.54, 1.807) is 43.8 Å². The number of ether oxygens (including phenoxy) is 2. The highest BCUT2D eigenvalue weighted by Gasteiger charge is 2.12. The topological polar surface area (TPSA) is 74.1 Å². The molecule has 1 radical (unpaired) electrons. The molecule has 2 heterocycles. The molecule has 2 N–H and O–H groups in total. The Kier molecular flexibility index (Phi) is 4.25. The number of hydrogen-bond donors (Lipinski definition) is 1. The van der Waals surface area contributed by atoms with Crippen molar-refractivity contribution in [3.05, 3.63) is 60.1 Å². The molecule has 7 heteroatoms. The second-order valence-corrected chi connectivity index (χ2v) is 4.92. The van der Waals surface area contributed by atoms with Crippen molar-refractivity contribution in [2.75, 3.05) is 13.0 Å². The third kappa shape index (κ3) is 3.32. The lowest BCUT2D eigenvalue weighted by Gasteiger charge is -2.10. The lowest BCUT2D eigenvalue weighted by molar-refractivity contribution is -0.638. The van der Waals surface area contributed by atoms with Gasteiger partial charge in [-0.2, -0.15) is 0 Å². The van der Waals surface area contributed by atoms with Crippen LogP contribution in [0.4, 0.5) is 0 Å². The first-order valence-electron chi connectivity index (χ1n) is 6.70. The van der Waals surface area contributed by atoms with Gasteiger partial charge in [0.2, 0.25) is 0 Å². The standard InChI is InChI=1S/C16H13ClN4O2/c1-22-12-4-2-3-5-13(12)23-14-10-19-16(20-15(14)17)11-6-8-21(18)9-7-11/h2-9H,18H2,1H3/q+1. The summed E-state index contributed by atoms with van der Waals surface area (Å²) in [6.07, 6.45) is 6.13. The summed E-state index contributed by atoms with van der Waals surface area (Å²) in [5, 5.41) is 0.158. The van der Waals surface area contributed by atoms with Crippen LogP contribution in [0, 0.1) is 6.20 Å². The number of pyridine rings is 1. The van der Waals surface area contributed by atoms with Crippen molar-refractivity contribution >= 4 is 11.6 Å². The van der Waals surface area contributed by atoms with Crippen molar-refractivity contribution < 1.29 is 14.1 Å². The van der Waals surface area contributed by atoms with Crippen molar-refractivity contribution in [1.29, 1.82) is 0 Å². The lowest BCUT2D eigenvalue weighted by Crippen LogP contribution is -2.43. The van der Waals surface area contributed by atoms with Crippen LogP contribution >= 0.6 is 11.6 Å². The molecule has 0 unspecified atom stereocenters. The van der Waals surface area contributed by atoms with E-state index in [0.717, 1.165) is 5.56 Å². The van der Waals surface area contributed by atoms with Crippen LogP contribution in [-0.4, -0.2) is 17.1 Å². The van der Waals surface area contributed by atoms with Gasteiger partial charge in [-0.15, -0.1) is 0 Å². The van der Waals surface area contributed by atoms with Crippen LogP contribution in [0.3, 0.4) is 0 Å². The van der Waals surface area contributed by atoms with Gasteiger partial charge in [0.25, 0.3) is 0 Å². The highest BCUT2D eigenvalue weighted by Crippen LogP contribution is 2.33. The van der Waals surface area contributed by atoms with Gasteiger partial charge < -0.3 is 9.47 Å². The zero-order valence-electron chi connectivity index (χ0n) is 12.2. The summed E-state index contributed by atoms with van der Waals surface area (Å²) in [5.74, 6) is 7.33. The zero-order valence-corrected chi connectivity index (χ0v) is 13.0. The number of hydrogen-bond acceptors (Lipinski definition) is 5. The fourth-order valence-corrected chi connectivity index (χ4v) is 2.07. The van der Waals surface area contributed by atoms with E-state index < -0.39 is 0 Å². The molecule has 0 aliphatic carbocycles. The molecule has 0 aliphatic heterocycles. The Morgan fingerprint density at radius 1 is 1.13 bits per heavy atom. The molecular weight excluding hydrogens is 316 g/mol. The normalized spacial score (nSPS) is 10.3. The molecule has 0 aliphatic rings. The third-order valence-corrected chi connectivity index (χ3v) is 3.30. The molecule has 0 saturated heterocycles. The third-order valence-electron chi connectivity index (χ3n) is 3.05. The van der Waals surface area contributed by atoms with Crippen molar-refractivity contribution in [3.63, 3.8) is 0 Å². The van der Waals surface area contributed by atoms with Crippen LogP contribution in [0.5, 0.6) is 17.2 Å². The van der Waals surface area contributed by atoms with Crippen molar-refractivity contribution in [2.24, 2.45) is 0 Å². The maximum atomic E-state index is 6.18. The van der Waals surface area contributed by atoms with E-state index in [1.165, 1.54) is 4.68 Å². The van der Waals surface area contributed by atoms with Crippen LogP contribution in [0.2, 0.25) is 5.15 Å². The maximum absolute atomic E-state index is 6.18. The Labute approximate surface area is 138 Å². The van der Waals surface area contributed by atoms with Gasteiger partial charge in [0.15, 0.2) is 40.6 Å². The van der Waals surface area contributed by atoms with Gasteiger partial charge in [-0.25, -0.2) is 15.8 Å².